The number of sulfone groups is 1. The van der Waals surface area contributed by atoms with Crippen molar-refractivity contribution in [3.8, 4) is 0 Å². The Bertz CT molecular complexity index is 588. The number of rotatable bonds is 6. The van der Waals surface area contributed by atoms with Gasteiger partial charge in [-0.15, -0.1) is 0 Å². The van der Waals surface area contributed by atoms with E-state index in [1.54, 1.807) is 24.3 Å². The van der Waals surface area contributed by atoms with E-state index in [1.807, 2.05) is 0 Å². The minimum Gasteiger partial charge on any atom is -0.481 e. The van der Waals surface area contributed by atoms with Crippen molar-refractivity contribution in [1.82, 2.24) is 0 Å². The van der Waals surface area contributed by atoms with Crippen LogP contribution < -0.4 is 5.32 Å². The van der Waals surface area contributed by atoms with E-state index < -0.39 is 15.8 Å². The summed E-state index contributed by atoms with van der Waals surface area (Å²) in [6.07, 6.45) is 4.27. The second-order valence-electron chi connectivity index (χ2n) is 5.57. The maximum Gasteiger partial charge on any atom is 0.303 e. The lowest BCUT2D eigenvalue weighted by Gasteiger charge is -2.41. The summed E-state index contributed by atoms with van der Waals surface area (Å²) in [5.41, 5.74) is 0.662. The molecule has 0 spiro atoms. The van der Waals surface area contributed by atoms with Gasteiger partial charge in [-0.25, -0.2) is 8.42 Å². The summed E-state index contributed by atoms with van der Waals surface area (Å²) in [6.45, 7) is 0.609. The molecule has 0 radical (unpaired) electrons. The van der Waals surface area contributed by atoms with E-state index in [9.17, 15) is 13.2 Å². The summed E-state index contributed by atoms with van der Waals surface area (Å²) < 4.78 is 22.7. The molecule has 0 saturated heterocycles. The molecule has 1 fully saturated rings. The molecule has 0 aliphatic heterocycles. The van der Waals surface area contributed by atoms with Gasteiger partial charge < -0.3 is 10.4 Å². The molecule has 1 aromatic carbocycles. The van der Waals surface area contributed by atoms with E-state index in [-0.39, 0.29) is 16.7 Å². The zero-order chi connectivity index (χ0) is 14.8. The second-order valence-corrected chi connectivity index (χ2v) is 7.59. The van der Waals surface area contributed by atoms with Crippen LogP contribution in [-0.2, 0) is 14.6 Å². The first kappa shape index (κ1) is 14.8. The summed E-state index contributed by atoms with van der Waals surface area (Å²) in [6, 6.07) is 6.54. The molecule has 110 valence electrons. The predicted molar refractivity (Wildman–Crippen MR) is 76.6 cm³/mol. The number of carbonyl (C=O) groups is 1. The van der Waals surface area contributed by atoms with Gasteiger partial charge in [0, 0.05) is 18.5 Å². The van der Waals surface area contributed by atoms with Crippen LogP contribution in [0.4, 0.5) is 5.69 Å². The first-order valence-electron chi connectivity index (χ1n) is 6.57. The Kier molecular flexibility index (Phi) is 4.04. The Labute approximate surface area is 118 Å². The Morgan fingerprint density at radius 3 is 2.30 bits per heavy atom. The van der Waals surface area contributed by atoms with Crippen molar-refractivity contribution in [3.63, 3.8) is 0 Å². The number of hydrogen-bond donors (Lipinski definition) is 2. The van der Waals surface area contributed by atoms with E-state index in [0.717, 1.165) is 24.9 Å². The molecule has 0 amide bonds. The van der Waals surface area contributed by atoms with Crippen molar-refractivity contribution < 1.29 is 18.3 Å². The number of hydrogen-bond acceptors (Lipinski definition) is 4. The van der Waals surface area contributed by atoms with Crippen LogP contribution in [0, 0.1) is 5.41 Å². The lowest BCUT2D eigenvalue weighted by Crippen LogP contribution is -2.38. The summed E-state index contributed by atoms with van der Waals surface area (Å²) in [7, 11) is -3.18. The molecule has 1 aromatic rings. The largest absolute Gasteiger partial charge is 0.481 e. The van der Waals surface area contributed by atoms with Gasteiger partial charge in [-0.05, 0) is 42.5 Å². The fraction of sp³-hybridized carbons (Fsp3) is 0.500. The summed E-state index contributed by atoms with van der Waals surface area (Å²) >= 11 is 0. The van der Waals surface area contributed by atoms with E-state index in [2.05, 4.69) is 5.32 Å². The second kappa shape index (κ2) is 5.44. The highest BCUT2D eigenvalue weighted by Gasteiger charge is 2.38. The van der Waals surface area contributed by atoms with Crippen molar-refractivity contribution in [2.75, 3.05) is 18.1 Å². The Balaban J connectivity index is 1.99. The number of benzene rings is 1. The number of anilines is 1. The van der Waals surface area contributed by atoms with Crippen molar-refractivity contribution in [1.29, 1.82) is 0 Å². The molecule has 6 heteroatoms. The van der Waals surface area contributed by atoms with Crippen LogP contribution in [0.25, 0.3) is 0 Å². The Morgan fingerprint density at radius 2 is 1.90 bits per heavy atom. The van der Waals surface area contributed by atoms with Gasteiger partial charge >= 0.3 is 5.97 Å². The molecule has 2 N–H and O–H groups in total. The van der Waals surface area contributed by atoms with Crippen molar-refractivity contribution in [3.05, 3.63) is 24.3 Å². The summed E-state index contributed by atoms with van der Waals surface area (Å²) in [5.74, 6) is -0.765. The van der Waals surface area contributed by atoms with Gasteiger partial charge in [0.2, 0.25) is 0 Å². The molecule has 0 bridgehead atoms. The minimum atomic E-state index is -3.18. The maximum absolute atomic E-state index is 11.4. The average Bonchev–Trinajstić information content (AvgIpc) is 2.31. The number of carboxylic acids is 1. The smallest absolute Gasteiger partial charge is 0.303 e. The van der Waals surface area contributed by atoms with Crippen molar-refractivity contribution in [2.24, 2.45) is 5.41 Å². The number of carboxylic acid groups (broad SMARTS) is 1. The van der Waals surface area contributed by atoms with Gasteiger partial charge in [0.25, 0.3) is 0 Å². The Hall–Kier alpha value is -1.56. The number of aliphatic carboxylic acids is 1. The van der Waals surface area contributed by atoms with Crippen molar-refractivity contribution in [2.45, 2.75) is 30.6 Å². The van der Waals surface area contributed by atoms with Crippen LogP contribution >= 0.6 is 0 Å². The predicted octanol–water partition coefficient (Wildman–Crippen LogP) is 2.15. The molecule has 5 nitrogen and oxygen atoms in total. The normalized spacial score (nSPS) is 17.2. The highest BCUT2D eigenvalue weighted by Crippen LogP contribution is 2.44. The van der Waals surface area contributed by atoms with Gasteiger partial charge in [-0.3, -0.25) is 4.79 Å². The lowest BCUT2D eigenvalue weighted by atomic mass is 9.66. The molecule has 20 heavy (non-hydrogen) atoms. The van der Waals surface area contributed by atoms with Crippen LogP contribution in [0.15, 0.2) is 29.2 Å². The molecule has 0 heterocycles. The summed E-state index contributed by atoms with van der Waals surface area (Å²) in [4.78, 5) is 11.2. The molecule has 0 aromatic heterocycles. The summed E-state index contributed by atoms with van der Waals surface area (Å²) in [5, 5.41) is 12.2. The van der Waals surface area contributed by atoms with Crippen LogP contribution in [-0.4, -0.2) is 32.3 Å². The third kappa shape index (κ3) is 3.50. The molecule has 0 atom stereocenters. The monoisotopic (exact) mass is 297 g/mol. The average molecular weight is 297 g/mol. The minimum absolute atomic E-state index is 0.151. The van der Waals surface area contributed by atoms with E-state index in [1.165, 1.54) is 6.26 Å². The highest BCUT2D eigenvalue weighted by molar-refractivity contribution is 7.90. The standard InChI is InChI=1S/C14H19NO4S/c1-20(18,19)12-5-3-11(4-6-12)15-10-14(7-2-8-14)9-13(16)17/h3-6,15H,2,7-10H2,1H3,(H,16,17). The fourth-order valence-corrected chi connectivity index (χ4v) is 3.15. The highest BCUT2D eigenvalue weighted by atomic mass is 32.2. The van der Waals surface area contributed by atoms with Gasteiger partial charge in [0.05, 0.1) is 11.3 Å². The third-order valence-electron chi connectivity index (χ3n) is 3.89. The van der Waals surface area contributed by atoms with Crippen LogP contribution in [0.1, 0.15) is 25.7 Å². The zero-order valence-corrected chi connectivity index (χ0v) is 12.2. The van der Waals surface area contributed by atoms with Crippen LogP contribution in [0.5, 0.6) is 0 Å². The lowest BCUT2D eigenvalue weighted by molar-refractivity contribution is -0.141. The maximum atomic E-state index is 11.4. The van der Waals surface area contributed by atoms with Gasteiger partial charge in [0.1, 0.15) is 0 Å². The van der Waals surface area contributed by atoms with Gasteiger partial charge in [0.15, 0.2) is 9.84 Å². The quantitative estimate of drug-likeness (QED) is 0.840. The zero-order valence-electron chi connectivity index (χ0n) is 11.4. The van der Waals surface area contributed by atoms with Crippen LogP contribution in [0.2, 0.25) is 0 Å². The fourth-order valence-electron chi connectivity index (χ4n) is 2.52. The number of nitrogens with one attached hydrogen (secondary N) is 1. The third-order valence-corrected chi connectivity index (χ3v) is 5.02. The van der Waals surface area contributed by atoms with Gasteiger partial charge in [-0.1, -0.05) is 6.42 Å². The first-order chi connectivity index (χ1) is 9.31. The van der Waals surface area contributed by atoms with E-state index in [4.69, 9.17) is 5.11 Å². The van der Waals surface area contributed by atoms with E-state index in [0.29, 0.717) is 6.54 Å². The topological polar surface area (TPSA) is 83.5 Å². The van der Waals surface area contributed by atoms with Crippen molar-refractivity contribution >= 4 is 21.5 Å². The molecule has 1 saturated carbocycles. The molecule has 1 aliphatic rings. The van der Waals surface area contributed by atoms with Gasteiger partial charge in [-0.2, -0.15) is 0 Å². The Morgan fingerprint density at radius 1 is 1.30 bits per heavy atom. The molecule has 1 aliphatic carbocycles. The van der Waals surface area contributed by atoms with Crippen LogP contribution in [0.3, 0.4) is 0 Å². The molecule has 2 rings (SSSR count). The van der Waals surface area contributed by atoms with E-state index >= 15 is 0 Å². The molecule has 0 unspecified atom stereocenters. The molecular weight excluding hydrogens is 278 g/mol. The molecular formula is C14H19NO4S. The first-order valence-corrected chi connectivity index (χ1v) is 8.46. The SMILES string of the molecule is CS(=O)(=O)c1ccc(NCC2(CC(=O)O)CCC2)cc1.